The first kappa shape index (κ1) is 8.70. The van der Waals surface area contributed by atoms with E-state index in [0.717, 1.165) is 4.47 Å². The molecule has 0 spiro atoms. The van der Waals surface area contributed by atoms with E-state index in [1.165, 1.54) is 0 Å². The maximum atomic E-state index is 10.0. The first-order valence-corrected chi connectivity index (χ1v) is 4.51. The number of benzene rings is 1. The van der Waals surface area contributed by atoms with E-state index in [4.69, 9.17) is 0 Å². The van der Waals surface area contributed by atoms with Crippen LogP contribution in [0, 0.1) is 0 Å². The number of hydrogen-bond donors (Lipinski definition) is 0. The van der Waals surface area contributed by atoms with Gasteiger partial charge in [-0.05, 0) is 18.2 Å². The third-order valence-corrected chi connectivity index (χ3v) is 1.78. The Balaban J connectivity index is 2.79. The van der Waals surface area contributed by atoms with E-state index >= 15 is 0 Å². The Morgan fingerprint density at radius 1 is 1.55 bits per heavy atom. The third-order valence-electron chi connectivity index (χ3n) is 0.960. The highest BCUT2D eigenvalue weighted by atomic mass is 79.9. The van der Waals surface area contributed by atoms with Crippen molar-refractivity contribution in [2.24, 2.45) is 0 Å². The van der Waals surface area contributed by atoms with Gasteiger partial charge in [0.05, 0.1) is 0 Å². The molecule has 1 rings (SSSR count). The lowest BCUT2D eigenvalue weighted by molar-refractivity contribution is 0.440. The molecule has 1 unspecified atom stereocenters. The summed E-state index contributed by atoms with van der Waals surface area (Å²) in [5.41, 5.74) is 0. The number of halogens is 1. The standard InChI is InChI=1S/C6H5BrO3S/c7-5-2-1-3-6(4-5)10-11(8)9/h1-4H,(H,8,9)/p-1. The van der Waals surface area contributed by atoms with Crippen LogP contribution in [0.15, 0.2) is 28.7 Å². The highest BCUT2D eigenvalue weighted by molar-refractivity contribution is 9.10. The summed E-state index contributed by atoms with van der Waals surface area (Å²) in [6, 6.07) is 6.59. The predicted octanol–water partition coefficient (Wildman–Crippen LogP) is 1.62. The zero-order chi connectivity index (χ0) is 8.27. The van der Waals surface area contributed by atoms with Gasteiger partial charge in [-0.2, -0.15) is 0 Å². The first-order chi connectivity index (χ1) is 5.18. The van der Waals surface area contributed by atoms with Crippen LogP contribution >= 0.6 is 15.9 Å². The number of rotatable bonds is 2. The summed E-state index contributed by atoms with van der Waals surface area (Å²) < 4.78 is 25.2. The summed E-state index contributed by atoms with van der Waals surface area (Å²) in [5, 5.41) is 0. The average Bonchev–Trinajstić information content (AvgIpc) is 1.85. The van der Waals surface area contributed by atoms with Crippen molar-refractivity contribution in [1.29, 1.82) is 0 Å². The van der Waals surface area contributed by atoms with Crippen LogP contribution < -0.4 is 4.18 Å². The average molecular weight is 236 g/mol. The van der Waals surface area contributed by atoms with Crippen molar-refractivity contribution in [3.8, 4) is 5.75 Å². The monoisotopic (exact) mass is 235 g/mol. The molecular formula is C6H4BrO3S-. The van der Waals surface area contributed by atoms with Crippen LogP contribution in [0.5, 0.6) is 5.75 Å². The molecule has 0 aliphatic heterocycles. The Bertz CT molecular complexity index is 276. The van der Waals surface area contributed by atoms with E-state index in [-0.39, 0.29) is 0 Å². The summed E-state index contributed by atoms with van der Waals surface area (Å²) in [6.07, 6.45) is 0. The van der Waals surface area contributed by atoms with Crippen molar-refractivity contribution < 1.29 is 12.9 Å². The van der Waals surface area contributed by atoms with Gasteiger partial charge in [-0.15, -0.1) is 0 Å². The van der Waals surface area contributed by atoms with Crippen LogP contribution in [0.3, 0.4) is 0 Å². The van der Waals surface area contributed by atoms with E-state index in [1.807, 2.05) is 0 Å². The fourth-order valence-electron chi connectivity index (χ4n) is 0.597. The van der Waals surface area contributed by atoms with Crippen LogP contribution in [-0.2, 0) is 11.4 Å². The summed E-state index contributed by atoms with van der Waals surface area (Å²) in [5.74, 6) is 0.299. The molecule has 0 radical (unpaired) electrons. The predicted molar refractivity (Wildman–Crippen MR) is 43.7 cm³/mol. The Morgan fingerprint density at radius 3 is 2.82 bits per heavy atom. The van der Waals surface area contributed by atoms with Crippen molar-refractivity contribution in [1.82, 2.24) is 0 Å². The van der Waals surface area contributed by atoms with Crippen LogP contribution in [-0.4, -0.2) is 8.76 Å². The second-order valence-electron chi connectivity index (χ2n) is 1.74. The minimum atomic E-state index is -2.50. The summed E-state index contributed by atoms with van der Waals surface area (Å²) >= 11 is 0.675. The molecule has 1 atom stereocenters. The molecule has 0 amide bonds. The molecule has 0 fully saturated rings. The van der Waals surface area contributed by atoms with Crippen molar-refractivity contribution in [2.45, 2.75) is 0 Å². The van der Waals surface area contributed by atoms with Gasteiger partial charge >= 0.3 is 0 Å². The van der Waals surface area contributed by atoms with Gasteiger partial charge in [0, 0.05) is 4.47 Å². The largest absolute Gasteiger partial charge is 0.740 e. The zero-order valence-corrected chi connectivity index (χ0v) is 7.72. The normalized spacial score (nSPS) is 12.5. The van der Waals surface area contributed by atoms with Crippen molar-refractivity contribution in [3.63, 3.8) is 0 Å². The molecule has 0 saturated heterocycles. The fraction of sp³-hybridized carbons (Fsp3) is 0. The van der Waals surface area contributed by atoms with Gasteiger partial charge in [-0.3, -0.25) is 0 Å². The molecule has 0 aromatic heterocycles. The minimum absolute atomic E-state index is 0.299. The maximum Gasteiger partial charge on any atom is 0.140 e. The lowest BCUT2D eigenvalue weighted by Gasteiger charge is -2.06. The minimum Gasteiger partial charge on any atom is -0.740 e. The molecule has 5 heteroatoms. The molecule has 0 heterocycles. The van der Waals surface area contributed by atoms with Crippen LogP contribution in [0.25, 0.3) is 0 Å². The van der Waals surface area contributed by atoms with E-state index < -0.39 is 11.4 Å². The second-order valence-corrected chi connectivity index (χ2v) is 3.24. The van der Waals surface area contributed by atoms with Crippen LogP contribution in [0.2, 0.25) is 0 Å². The Morgan fingerprint density at radius 2 is 2.27 bits per heavy atom. The topological polar surface area (TPSA) is 49.4 Å². The Hall–Kier alpha value is -0.390. The molecule has 0 N–H and O–H groups in total. The van der Waals surface area contributed by atoms with Crippen molar-refractivity contribution >= 4 is 27.3 Å². The van der Waals surface area contributed by atoms with Crippen molar-refractivity contribution in [3.05, 3.63) is 28.7 Å². The smallest absolute Gasteiger partial charge is 0.140 e. The molecule has 3 nitrogen and oxygen atoms in total. The van der Waals surface area contributed by atoms with Gasteiger partial charge in [0.1, 0.15) is 17.1 Å². The van der Waals surface area contributed by atoms with E-state index in [0.29, 0.717) is 5.75 Å². The van der Waals surface area contributed by atoms with E-state index in [1.54, 1.807) is 24.3 Å². The summed E-state index contributed by atoms with van der Waals surface area (Å²) in [4.78, 5) is 0. The molecular weight excluding hydrogens is 232 g/mol. The van der Waals surface area contributed by atoms with Gasteiger partial charge in [0.2, 0.25) is 0 Å². The van der Waals surface area contributed by atoms with Crippen LogP contribution in [0.4, 0.5) is 0 Å². The lowest BCUT2D eigenvalue weighted by atomic mass is 10.3. The Labute approximate surface area is 75.0 Å². The summed E-state index contributed by atoms with van der Waals surface area (Å²) in [6.45, 7) is 0. The van der Waals surface area contributed by atoms with Crippen LogP contribution in [0.1, 0.15) is 0 Å². The van der Waals surface area contributed by atoms with E-state index in [2.05, 4.69) is 20.1 Å². The molecule has 1 aromatic rings. The SMILES string of the molecule is O=S([O-])Oc1cccc(Br)c1. The maximum absolute atomic E-state index is 10.0. The highest BCUT2D eigenvalue weighted by Gasteiger charge is 1.92. The molecule has 0 bridgehead atoms. The molecule has 11 heavy (non-hydrogen) atoms. The lowest BCUT2D eigenvalue weighted by Crippen LogP contribution is -1.97. The molecule has 60 valence electrons. The quantitative estimate of drug-likeness (QED) is 0.733. The van der Waals surface area contributed by atoms with Gasteiger partial charge in [-0.1, -0.05) is 22.0 Å². The first-order valence-electron chi connectivity index (χ1n) is 2.71. The van der Waals surface area contributed by atoms with Gasteiger partial charge in [0.25, 0.3) is 0 Å². The number of hydrogen-bond acceptors (Lipinski definition) is 3. The van der Waals surface area contributed by atoms with Gasteiger partial charge in [0.15, 0.2) is 0 Å². The van der Waals surface area contributed by atoms with Crippen molar-refractivity contribution in [2.75, 3.05) is 0 Å². The zero-order valence-electron chi connectivity index (χ0n) is 5.32. The molecule has 0 aliphatic rings. The fourth-order valence-corrected chi connectivity index (χ4v) is 1.24. The second kappa shape index (κ2) is 3.85. The third kappa shape index (κ3) is 3.00. The Kier molecular flexibility index (Phi) is 3.04. The molecule has 1 aromatic carbocycles. The summed E-state index contributed by atoms with van der Waals surface area (Å²) in [7, 11) is 0. The molecule has 0 saturated carbocycles. The highest BCUT2D eigenvalue weighted by Crippen LogP contribution is 2.17. The van der Waals surface area contributed by atoms with Gasteiger partial charge < -0.3 is 8.74 Å². The van der Waals surface area contributed by atoms with E-state index in [9.17, 15) is 8.76 Å². The molecule has 0 aliphatic carbocycles. The van der Waals surface area contributed by atoms with Gasteiger partial charge in [-0.25, -0.2) is 4.21 Å².